The normalized spacial score (nSPS) is 12.0. The summed E-state index contributed by atoms with van der Waals surface area (Å²) in [4.78, 5) is 4.47. The SMILES string of the molecule is Cc1c(-c2ccccc2)nc(N)c(C#N)c1-c1ccc2c(c1)OCO2. The van der Waals surface area contributed by atoms with Gasteiger partial charge in [-0.25, -0.2) is 4.98 Å². The number of pyridine rings is 1. The van der Waals surface area contributed by atoms with Crippen LogP contribution in [0.25, 0.3) is 22.4 Å². The van der Waals surface area contributed by atoms with Crippen LogP contribution in [0.2, 0.25) is 0 Å². The molecule has 0 radical (unpaired) electrons. The minimum atomic E-state index is 0.205. The molecule has 0 saturated carbocycles. The van der Waals surface area contributed by atoms with E-state index in [1.165, 1.54) is 0 Å². The second-order valence-electron chi connectivity index (χ2n) is 5.77. The minimum absolute atomic E-state index is 0.205. The number of hydrogen-bond donors (Lipinski definition) is 1. The zero-order valence-corrected chi connectivity index (χ0v) is 13.6. The molecule has 0 aliphatic carbocycles. The summed E-state index contributed by atoms with van der Waals surface area (Å²) in [5.74, 6) is 1.59. The summed E-state index contributed by atoms with van der Waals surface area (Å²) in [5.41, 5.74) is 10.7. The van der Waals surface area contributed by atoms with Crippen LogP contribution < -0.4 is 15.2 Å². The number of nitrogens with zero attached hydrogens (tertiary/aromatic N) is 2. The summed E-state index contributed by atoms with van der Waals surface area (Å²) in [6.45, 7) is 2.16. The highest BCUT2D eigenvalue weighted by Crippen LogP contribution is 2.40. The molecule has 0 atom stereocenters. The van der Waals surface area contributed by atoms with E-state index < -0.39 is 0 Å². The van der Waals surface area contributed by atoms with Crippen molar-refractivity contribution in [2.75, 3.05) is 12.5 Å². The lowest BCUT2D eigenvalue weighted by atomic mass is 9.92. The van der Waals surface area contributed by atoms with Gasteiger partial charge in [0.05, 0.1) is 5.69 Å². The van der Waals surface area contributed by atoms with E-state index in [9.17, 15) is 5.26 Å². The molecule has 1 aliphatic rings. The Balaban J connectivity index is 1.98. The molecule has 0 spiro atoms. The predicted molar refractivity (Wildman–Crippen MR) is 95.1 cm³/mol. The van der Waals surface area contributed by atoms with Crippen LogP contribution in [0.15, 0.2) is 48.5 Å². The highest BCUT2D eigenvalue weighted by atomic mass is 16.7. The largest absolute Gasteiger partial charge is 0.454 e. The molecule has 122 valence electrons. The molecule has 2 heterocycles. The Kier molecular flexibility index (Phi) is 3.51. The van der Waals surface area contributed by atoms with E-state index in [1.54, 1.807) is 0 Å². The van der Waals surface area contributed by atoms with E-state index in [2.05, 4.69) is 11.1 Å². The second kappa shape index (κ2) is 5.84. The molecule has 0 unspecified atom stereocenters. The number of hydrogen-bond acceptors (Lipinski definition) is 5. The van der Waals surface area contributed by atoms with Gasteiger partial charge in [0, 0.05) is 11.1 Å². The fourth-order valence-corrected chi connectivity index (χ4v) is 3.10. The molecule has 25 heavy (non-hydrogen) atoms. The van der Waals surface area contributed by atoms with Crippen molar-refractivity contribution < 1.29 is 9.47 Å². The molecule has 0 fully saturated rings. The predicted octanol–water partition coefficient (Wildman–Crippen LogP) is 3.91. The van der Waals surface area contributed by atoms with E-state index in [1.807, 2.05) is 55.5 Å². The lowest BCUT2D eigenvalue weighted by Gasteiger charge is -2.15. The maximum Gasteiger partial charge on any atom is 0.231 e. The van der Waals surface area contributed by atoms with Gasteiger partial charge in [-0.1, -0.05) is 36.4 Å². The molecule has 2 N–H and O–H groups in total. The first-order valence-corrected chi connectivity index (χ1v) is 7.84. The number of nitriles is 1. The van der Waals surface area contributed by atoms with Crippen LogP contribution in [0.3, 0.4) is 0 Å². The third-order valence-electron chi connectivity index (χ3n) is 4.29. The van der Waals surface area contributed by atoms with Gasteiger partial charge < -0.3 is 15.2 Å². The summed E-state index contributed by atoms with van der Waals surface area (Å²) < 4.78 is 10.8. The molecular formula is C20H15N3O2. The zero-order chi connectivity index (χ0) is 17.4. The van der Waals surface area contributed by atoms with Gasteiger partial charge in [-0.3, -0.25) is 0 Å². The van der Waals surface area contributed by atoms with Crippen LogP contribution in [0.1, 0.15) is 11.1 Å². The molecule has 1 aromatic heterocycles. The van der Waals surface area contributed by atoms with Crippen molar-refractivity contribution in [2.45, 2.75) is 6.92 Å². The second-order valence-corrected chi connectivity index (χ2v) is 5.77. The maximum atomic E-state index is 9.61. The number of rotatable bonds is 2. The number of benzene rings is 2. The molecule has 0 amide bonds. The number of anilines is 1. The Hall–Kier alpha value is -3.52. The summed E-state index contributed by atoms with van der Waals surface area (Å²) in [6, 6.07) is 17.6. The number of nitrogen functional groups attached to an aromatic ring is 1. The van der Waals surface area contributed by atoms with Crippen LogP contribution in [0.4, 0.5) is 5.82 Å². The van der Waals surface area contributed by atoms with Crippen molar-refractivity contribution in [3.05, 3.63) is 59.7 Å². The highest BCUT2D eigenvalue weighted by Gasteiger charge is 2.21. The Morgan fingerprint density at radius 1 is 1.04 bits per heavy atom. The Bertz CT molecular complexity index is 1010. The number of nitrogens with two attached hydrogens (primary N) is 1. The van der Waals surface area contributed by atoms with E-state index in [4.69, 9.17) is 15.2 Å². The zero-order valence-electron chi connectivity index (χ0n) is 13.6. The third kappa shape index (κ3) is 2.45. The molecule has 2 aromatic carbocycles. The topological polar surface area (TPSA) is 81.2 Å². The molecule has 5 heteroatoms. The standard InChI is InChI=1S/C20H15N3O2/c1-12-18(14-7-8-16-17(9-14)25-11-24-16)15(10-21)20(22)23-19(12)13-5-3-2-4-6-13/h2-9H,11H2,1H3,(H2,22,23). The van der Waals surface area contributed by atoms with Gasteiger partial charge in [0.25, 0.3) is 0 Å². The fourth-order valence-electron chi connectivity index (χ4n) is 3.10. The van der Waals surface area contributed by atoms with Crippen molar-refractivity contribution in [2.24, 2.45) is 0 Å². The molecule has 0 saturated heterocycles. The van der Waals surface area contributed by atoms with Gasteiger partial charge in [-0.15, -0.1) is 0 Å². The Morgan fingerprint density at radius 2 is 1.80 bits per heavy atom. The van der Waals surface area contributed by atoms with Gasteiger partial charge in [-0.2, -0.15) is 5.26 Å². The molecule has 5 nitrogen and oxygen atoms in total. The van der Waals surface area contributed by atoms with Gasteiger partial charge in [-0.05, 0) is 30.2 Å². The number of fused-ring (bicyclic) bond motifs is 1. The monoisotopic (exact) mass is 329 g/mol. The van der Waals surface area contributed by atoms with Crippen molar-refractivity contribution in [3.63, 3.8) is 0 Å². The van der Waals surface area contributed by atoms with Crippen LogP contribution in [0.5, 0.6) is 11.5 Å². The van der Waals surface area contributed by atoms with Crippen molar-refractivity contribution in [3.8, 4) is 40.0 Å². The summed E-state index contributed by atoms with van der Waals surface area (Å²) in [7, 11) is 0. The van der Waals surface area contributed by atoms with Gasteiger partial charge in [0.1, 0.15) is 17.5 Å². The average molecular weight is 329 g/mol. The summed E-state index contributed by atoms with van der Waals surface area (Å²) in [5, 5.41) is 9.61. The Labute approximate surface area is 145 Å². The lowest BCUT2D eigenvalue weighted by molar-refractivity contribution is 0.174. The quantitative estimate of drug-likeness (QED) is 0.771. The van der Waals surface area contributed by atoms with Gasteiger partial charge in [0.15, 0.2) is 11.5 Å². The molecular weight excluding hydrogens is 314 g/mol. The van der Waals surface area contributed by atoms with Gasteiger partial charge >= 0.3 is 0 Å². The summed E-state index contributed by atoms with van der Waals surface area (Å²) in [6.07, 6.45) is 0. The van der Waals surface area contributed by atoms with E-state index in [-0.39, 0.29) is 12.6 Å². The smallest absolute Gasteiger partial charge is 0.231 e. The van der Waals surface area contributed by atoms with Crippen LogP contribution in [-0.4, -0.2) is 11.8 Å². The highest BCUT2D eigenvalue weighted by molar-refractivity contribution is 5.85. The van der Waals surface area contributed by atoms with Gasteiger partial charge in [0.2, 0.25) is 6.79 Å². The van der Waals surface area contributed by atoms with Crippen LogP contribution in [0, 0.1) is 18.3 Å². The minimum Gasteiger partial charge on any atom is -0.454 e. The van der Waals surface area contributed by atoms with Crippen molar-refractivity contribution >= 4 is 5.82 Å². The van der Waals surface area contributed by atoms with E-state index >= 15 is 0 Å². The van der Waals surface area contributed by atoms with Crippen LogP contribution in [-0.2, 0) is 0 Å². The number of ether oxygens (including phenoxy) is 2. The molecule has 1 aliphatic heterocycles. The van der Waals surface area contributed by atoms with Crippen molar-refractivity contribution in [1.82, 2.24) is 4.98 Å². The maximum absolute atomic E-state index is 9.61. The molecule has 3 aromatic rings. The fraction of sp³-hybridized carbons (Fsp3) is 0.100. The van der Waals surface area contributed by atoms with Crippen LogP contribution >= 0.6 is 0 Å². The Morgan fingerprint density at radius 3 is 2.56 bits per heavy atom. The summed E-state index contributed by atoms with van der Waals surface area (Å²) >= 11 is 0. The number of aromatic nitrogens is 1. The van der Waals surface area contributed by atoms with E-state index in [0.29, 0.717) is 17.1 Å². The lowest BCUT2D eigenvalue weighted by Crippen LogP contribution is -2.03. The first-order valence-electron chi connectivity index (χ1n) is 7.84. The first kappa shape index (κ1) is 15.0. The molecule has 4 rings (SSSR count). The molecule has 0 bridgehead atoms. The average Bonchev–Trinajstić information content (AvgIpc) is 3.11. The third-order valence-corrected chi connectivity index (χ3v) is 4.29. The first-order chi connectivity index (χ1) is 12.2. The van der Waals surface area contributed by atoms with E-state index in [0.717, 1.165) is 27.9 Å². The van der Waals surface area contributed by atoms with Crippen molar-refractivity contribution in [1.29, 1.82) is 5.26 Å².